The van der Waals surface area contributed by atoms with Gasteiger partial charge < -0.3 is 9.88 Å². The van der Waals surface area contributed by atoms with Crippen LogP contribution < -0.4 is 5.32 Å². The van der Waals surface area contributed by atoms with Gasteiger partial charge in [-0.15, -0.1) is 0 Å². The average Bonchev–Trinajstić information content (AvgIpc) is 2.82. The van der Waals surface area contributed by atoms with E-state index in [9.17, 15) is 0 Å². The lowest BCUT2D eigenvalue weighted by Gasteiger charge is -2.17. The van der Waals surface area contributed by atoms with Crippen LogP contribution in [0.25, 0.3) is 0 Å². The number of nitrogens with one attached hydrogen (secondary N) is 1. The molecule has 0 aliphatic carbocycles. The minimum absolute atomic E-state index is 0.146. The van der Waals surface area contributed by atoms with Crippen LogP contribution in [0.1, 0.15) is 20.3 Å². The second-order valence-corrected chi connectivity index (χ2v) is 5.72. The summed E-state index contributed by atoms with van der Waals surface area (Å²) in [6.45, 7) is 6.27. The SMILES string of the molecule is CC1(C)CN=C(SCCCn2ccnc2)N1. The highest BCUT2D eigenvalue weighted by molar-refractivity contribution is 8.13. The van der Waals surface area contributed by atoms with Crippen molar-refractivity contribution in [2.75, 3.05) is 12.3 Å². The first kappa shape index (κ1) is 11.5. The van der Waals surface area contributed by atoms with Gasteiger partial charge in [0.25, 0.3) is 0 Å². The summed E-state index contributed by atoms with van der Waals surface area (Å²) in [6, 6.07) is 0. The van der Waals surface area contributed by atoms with E-state index in [0.29, 0.717) is 0 Å². The van der Waals surface area contributed by atoms with Crippen molar-refractivity contribution in [2.24, 2.45) is 4.99 Å². The summed E-state index contributed by atoms with van der Waals surface area (Å²) in [5.41, 5.74) is 0.146. The van der Waals surface area contributed by atoms with E-state index in [1.54, 1.807) is 0 Å². The molecule has 0 fully saturated rings. The Bertz CT molecular complexity index is 356. The van der Waals surface area contributed by atoms with Crippen LogP contribution in [0.5, 0.6) is 0 Å². The molecule has 2 rings (SSSR count). The van der Waals surface area contributed by atoms with Crippen LogP contribution in [0.15, 0.2) is 23.7 Å². The van der Waals surface area contributed by atoms with E-state index in [0.717, 1.165) is 30.4 Å². The molecule has 1 aromatic rings. The predicted octanol–water partition coefficient (Wildman–Crippen LogP) is 1.74. The minimum Gasteiger partial charge on any atom is -0.358 e. The van der Waals surface area contributed by atoms with Gasteiger partial charge in [-0.2, -0.15) is 0 Å². The Labute approximate surface area is 101 Å². The smallest absolute Gasteiger partial charge is 0.157 e. The molecular weight excluding hydrogens is 220 g/mol. The van der Waals surface area contributed by atoms with E-state index < -0.39 is 0 Å². The number of thioether (sulfide) groups is 1. The molecule has 5 heteroatoms. The van der Waals surface area contributed by atoms with Crippen molar-refractivity contribution in [2.45, 2.75) is 32.4 Å². The Morgan fingerprint density at radius 1 is 1.56 bits per heavy atom. The van der Waals surface area contributed by atoms with Gasteiger partial charge in [0, 0.05) is 24.7 Å². The quantitative estimate of drug-likeness (QED) is 0.813. The molecule has 0 unspecified atom stereocenters. The third-order valence-electron chi connectivity index (χ3n) is 2.42. The zero-order valence-electron chi connectivity index (χ0n) is 9.81. The summed E-state index contributed by atoms with van der Waals surface area (Å²) >= 11 is 1.81. The molecule has 1 aliphatic rings. The molecule has 0 saturated heterocycles. The van der Waals surface area contributed by atoms with Crippen molar-refractivity contribution >= 4 is 16.9 Å². The molecule has 1 N–H and O–H groups in total. The average molecular weight is 238 g/mol. The number of amidine groups is 1. The van der Waals surface area contributed by atoms with Gasteiger partial charge in [-0.25, -0.2) is 4.98 Å². The maximum absolute atomic E-state index is 4.47. The van der Waals surface area contributed by atoms with Gasteiger partial charge in [0.05, 0.1) is 18.4 Å². The van der Waals surface area contributed by atoms with E-state index in [2.05, 4.69) is 33.7 Å². The number of imidazole rings is 1. The molecule has 0 spiro atoms. The highest BCUT2D eigenvalue weighted by Gasteiger charge is 2.24. The van der Waals surface area contributed by atoms with Gasteiger partial charge in [0.1, 0.15) is 0 Å². The number of hydrogen-bond donors (Lipinski definition) is 1. The van der Waals surface area contributed by atoms with Gasteiger partial charge >= 0.3 is 0 Å². The summed E-state index contributed by atoms with van der Waals surface area (Å²) in [6.07, 6.45) is 6.82. The third kappa shape index (κ3) is 3.27. The summed E-state index contributed by atoms with van der Waals surface area (Å²) in [7, 11) is 0. The molecule has 16 heavy (non-hydrogen) atoms. The molecule has 0 bridgehead atoms. The molecule has 0 atom stereocenters. The number of rotatable bonds is 4. The number of aryl methyl sites for hydroxylation is 1. The molecule has 1 aromatic heterocycles. The van der Waals surface area contributed by atoms with Crippen molar-refractivity contribution in [1.29, 1.82) is 0 Å². The monoisotopic (exact) mass is 238 g/mol. The van der Waals surface area contributed by atoms with Crippen LogP contribution in [-0.4, -0.2) is 32.6 Å². The number of aliphatic imine (C=N–C) groups is 1. The second-order valence-electron chi connectivity index (χ2n) is 4.63. The number of hydrogen-bond acceptors (Lipinski definition) is 4. The predicted molar refractivity (Wildman–Crippen MR) is 68.8 cm³/mol. The van der Waals surface area contributed by atoms with E-state index in [4.69, 9.17) is 0 Å². The Kier molecular flexibility index (Phi) is 3.53. The number of nitrogens with zero attached hydrogens (tertiary/aromatic N) is 3. The lowest BCUT2D eigenvalue weighted by Crippen LogP contribution is -2.38. The van der Waals surface area contributed by atoms with Gasteiger partial charge in [0.2, 0.25) is 0 Å². The number of aromatic nitrogens is 2. The molecular formula is C11H18N4S. The van der Waals surface area contributed by atoms with Gasteiger partial charge in [-0.05, 0) is 20.3 Å². The summed E-state index contributed by atoms with van der Waals surface area (Å²) in [5, 5.41) is 4.51. The van der Waals surface area contributed by atoms with Gasteiger partial charge in [0.15, 0.2) is 5.17 Å². The maximum atomic E-state index is 4.47. The maximum Gasteiger partial charge on any atom is 0.157 e. The summed E-state index contributed by atoms with van der Waals surface area (Å²) in [4.78, 5) is 8.49. The molecule has 1 aliphatic heterocycles. The zero-order valence-corrected chi connectivity index (χ0v) is 10.6. The first-order valence-electron chi connectivity index (χ1n) is 5.57. The zero-order chi connectivity index (χ0) is 11.4. The van der Waals surface area contributed by atoms with E-state index >= 15 is 0 Å². The van der Waals surface area contributed by atoms with Crippen molar-refractivity contribution in [3.63, 3.8) is 0 Å². The van der Waals surface area contributed by atoms with Crippen LogP contribution >= 0.6 is 11.8 Å². The first-order valence-corrected chi connectivity index (χ1v) is 6.55. The minimum atomic E-state index is 0.146. The first-order chi connectivity index (χ1) is 7.66. The third-order valence-corrected chi connectivity index (χ3v) is 3.42. The normalized spacial score (nSPS) is 18.2. The Morgan fingerprint density at radius 2 is 2.44 bits per heavy atom. The highest BCUT2D eigenvalue weighted by atomic mass is 32.2. The highest BCUT2D eigenvalue weighted by Crippen LogP contribution is 2.16. The summed E-state index contributed by atoms with van der Waals surface area (Å²) < 4.78 is 2.11. The topological polar surface area (TPSA) is 42.2 Å². The van der Waals surface area contributed by atoms with Gasteiger partial charge in [-0.3, -0.25) is 4.99 Å². The Balaban J connectivity index is 1.62. The Hall–Kier alpha value is -0.970. The van der Waals surface area contributed by atoms with Crippen LogP contribution in [-0.2, 0) is 6.54 Å². The largest absolute Gasteiger partial charge is 0.358 e. The molecule has 4 nitrogen and oxygen atoms in total. The Morgan fingerprint density at radius 3 is 3.06 bits per heavy atom. The van der Waals surface area contributed by atoms with Crippen molar-refractivity contribution in [3.8, 4) is 0 Å². The lowest BCUT2D eigenvalue weighted by molar-refractivity contribution is 0.508. The molecule has 88 valence electrons. The fourth-order valence-corrected chi connectivity index (χ4v) is 2.53. The van der Waals surface area contributed by atoms with E-state index in [-0.39, 0.29) is 5.54 Å². The van der Waals surface area contributed by atoms with Crippen LogP contribution in [0.4, 0.5) is 0 Å². The second kappa shape index (κ2) is 4.91. The molecule has 0 radical (unpaired) electrons. The fourth-order valence-electron chi connectivity index (χ4n) is 1.55. The van der Waals surface area contributed by atoms with E-state index in [1.165, 1.54) is 0 Å². The molecule has 2 heterocycles. The summed E-state index contributed by atoms with van der Waals surface area (Å²) in [5.74, 6) is 1.10. The van der Waals surface area contributed by atoms with Crippen LogP contribution in [0.3, 0.4) is 0 Å². The van der Waals surface area contributed by atoms with Crippen molar-refractivity contribution < 1.29 is 0 Å². The molecule has 0 aromatic carbocycles. The lowest BCUT2D eigenvalue weighted by atomic mass is 10.1. The standard InChI is InChI=1S/C11H18N4S/c1-11(2)8-13-10(14-11)16-7-3-5-15-6-4-12-9-15/h4,6,9H,3,5,7-8H2,1-2H3,(H,13,14). The van der Waals surface area contributed by atoms with Crippen molar-refractivity contribution in [1.82, 2.24) is 14.9 Å². The van der Waals surface area contributed by atoms with Crippen molar-refractivity contribution in [3.05, 3.63) is 18.7 Å². The van der Waals surface area contributed by atoms with E-state index in [1.807, 2.05) is 30.5 Å². The molecule has 0 saturated carbocycles. The fraction of sp³-hybridized carbons (Fsp3) is 0.636. The van der Waals surface area contributed by atoms with Gasteiger partial charge in [-0.1, -0.05) is 11.8 Å². The van der Waals surface area contributed by atoms with Crippen LogP contribution in [0.2, 0.25) is 0 Å². The molecule has 0 amide bonds. The van der Waals surface area contributed by atoms with Crippen LogP contribution in [0, 0.1) is 0 Å².